The third-order valence-corrected chi connectivity index (χ3v) is 1.62. The summed E-state index contributed by atoms with van der Waals surface area (Å²) in [6.45, 7) is 3.61. The van der Waals surface area contributed by atoms with E-state index in [0.717, 1.165) is 11.3 Å². The Morgan fingerprint density at radius 3 is 2.27 bits per heavy atom. The summed E-state index contributed by atoms with van der Waals surface area (Å²) in [4.78, 5) is 0. The van der Waals surface area contributed by atoms with Crippen molar-refractivity contribution in [3.05, 3.63) is 36.4 Å². The van der Waals surface area contributed by atoms with Gasteiger partial charge in [0.15, 0.2) is 0 Å². The Kier molecular flexibility index (Phi) is 2.55. The van der Waals surface area contributed by atoms with Gasteiger partial charge in [0.1, 0.15) is 5.75 Å². The number of benzene rings is 1. The second kappa shape index (κ2) is 3.44. The van der Waals surface area contributed by atoms with Crippen LogP contribution in [0.15, 0.2) is 30.8 Å². The third kappa shape index (κ3) is 1.99. The lowest BCUT2D eigenvalue weighted by Crippen LogP contribution is -1.82. The number of rotatable bonds is 2. The summed E-state index contributed by atoms with van der Waals surface area (Å²) >= 11 is 5.66. The van der Waals surface area contributed by atoms with Crippen molar-refractivity contribution in [3.63, 3.8) is 0 Å². The molecule has 0 fully saturated rings. The molecule has 0 aromatic heterocycles. The van der Waals surface area contributed by atoms with Crippen molar-refractivity contribution < 1.29 is 4.74 Å². The van der Waals surface area contributed by atoms with Gasteiger partial charge < -0.3 is 4.74 Å². The minimum Gasteiger partial charge on any atom is -0.497 e. The summed E-state index contributed by atoms with van der Waals surface area (Å²) in [6.07, 6.45) is 0. The van der Waals surface area contributed by atoms with Gasteiger partial charge in [-0.25, -0.2) is 0 Å². The maximum Gasteiger partial charge on any atom is 0.118 e. The van der Waals surface area contributed by atoms with Gasteiger partial charge in [0.2, 0.25) is 0 Å². The van der Waals surface area contributed by atoms with Gasteiger partial charge in [-0.15, -0.1) is 0 Å². The van der Waals surface area contributed by atoms with E-state index in [9.17, 15) is 0 Å². The molecule has 1 rings (SSSR count). The number of hydrogen-bond acceptors (Lipinski definition) is 1. The van der Waals surface area contributed by atoms with Crippen LogP contribution >= 0.6 is 11.6 Å². The highest BCUT2D eigenvalue weighted by atomic mass is 35.5. The van der Waals surface area contributed by atoms with Crippen molar-refractivity contribution in [2.75, 3.05) is 7.11 Å². The highest BCUT2D eigenvalue weighted by Gasteiger charge is 1.94. The smallest absolute Gasteiger partial charge is 0.118 e. The van der Waals surface area contributed by atoms with Crippen LogP contribution in [0.3, 0.4) is 0 Å². The topological polar surface area (TPSA) is 9.23 Å². The summed E-state index contributed by atoms with van der Waals surface area (Å²) in [5.41, 5.74) is 0.924. The first-order valence-electron chi connectivity index (χ1n) is 3.23. The van der Waals surface area contributed by atoms with E-state index in [-0.39, 0.29) is 0 Å². The number of ether oxygens (including phenoxy) is 1. The van der Waals surface area contributed by atoms with Crippen LogP contribution in [0.2, 0.25) is 0 Å². The minimum absolute atomic E-state index is 0.549. The van der Waals surface area contributed by atoms with Gasteiger partial charge in [0, 0.05) is 5.03 Å². The molecule has 0 aliphatic rings. The zero-order chi connectivity index (χ0) is 8.27. The molecule has 0 N–H and O–H groups in total. The molecule has 0 amide bonds. The largest absolute Gasteiger partial charge is 0.497 e. The van der Waals surface area contributed by atoms with E-state index in [1.54, 1.807) is 7.11 Å². The van der Waals surface area contributed by atoms with Gasteiger partial charge in [-0.05, 0) is 29.8 Å². The zero-order valence-corrected chi connectivity index (χ0v) is 7.06. The average Bonchev–Trinajstić information content (AvgIpc) is 2.05. The van der Waals surface area contributed by atoms with Gasteiger partial charge >= 0.3 is 0 Å². The van der Waals surface area contributed by atoms with Gasteiger partial charge in [0.25, 0.3) is 0 Å². The predicted molar refractivity (Wildman–Crippen MR) is 47.9 cm³/mol. The Hall–Kier alpha value is -0.950. The molecule has 0 saturated carbocycles. The highest BCUT2D eigenvalue weighted by Crippen LogP contribution is 2.19. The van der Waals surface area contributed by atoms with E-state index in [0.29, 0.717) is 5.03 Å². The van der Waals surface area contributed by atoms with E-state index in [1.807, 2.05) is 24.3 Å². The molecule has 0 aliphatic carbocycles. The fraction of sp³-hybridized carbons (Fsp3) is 0.111. The number of halogens is 1. The highest BCUT2D eigenvalue weighted by molar-refractivity contribution is 6.48. The van der Waals surface area contributed by atoms with Crippen LogP contribution in [0.5, 0.6) is 5.75 Å². The average molecular weight is 169 g/mol. The van der Waals surface area contributed by atoms with Crippen molar-refractivity contribution in [2.24, 2.45) is 0 Å². The molecule has 11 heavy (non-hydrogen) atoms. The van der Waals surface area contributed by atoms with E-state index >= 15 is 0 Å². The van der Waals surface area contributed by atoms with E-state index in [1.165, 1.54) is 0 Å². The Morgan fingerprint density at radius 1 is 1.36 bits per heavy atom. The fourth-order valence-electron chi connectivity index (χ4n) is 0.772. The molecule has 0 spiro atoms. The maximum absolute atomic E-state index is 5.66. The lowest BCUT2D eigenvalue weighted by Gasteiger charge is -2.00. The molecule has 2 heteroatoms. The van der Waals surface area contributed by atoms with Crippen molar-refractivity contribution in [1.82, 2.24) is 0 Å². The van der Waals surface area contributed by atoms with Gasteiger partial charge in [-0.1, -0.05) is 18.2 Å². The second-order valence-corrected chi connectivity index (χ2v) is 2.59. The summed E-state index contributed by atoms with van der Waals surface area (Å²) in [5.74, 6) is 0.826. The van der Waals surface area contributed by atoms with Crippen LogP contribution in [0, 0.1) is 0 Å². The molecule has 0 aliphatic heterocycles. The molecule has 0 unspecified atom stereocenters. The molecule has 1 nitrogen and oxygen atoms in total. The molecule has 58 valence electrons. The van der Waals surface area contributed by atoms with Crippen LogP contribution < -0.4 is 4.74 Å². The maximum atomic E-state index is 5.66. The molecular weight excluding hydrogens is 160 g/mol. The monoisotopic (exact) mass is 168 g/mol. The van der Waals surface area contributed by atoms with Gasteiger partial charge in [-0.3, -0.25) is 0 Å². The Morgan fingerprint density at radius 2 is 1.91 bits per heavy atom. The Labute approximate surface area is 71.3 Å². The molecule has 0 radical (unpaired) electrons. The predicted octanol–water partition coefficient (Wildman–Crippen LogP) is 2.90. The molecular formula is C9H9ClO. The fourth-order valence-corrected chi connectivity index (χ4v) is 0.898. The lowest BCUT2D eigenvalue weighted by molar-refractivity contribution is 0.415. The SMILES string of the molecule is C=C(Cl)c1ccc(OC)cc1. The van der Waals surface area contributed by atoms with Crippen LogP contribution in [0.1, 0.15) is 5.56 Å². The van der Waals surface area contributed by atoms with E-state index in [2.05, 4.69) is 6.58 Å². The van der Waals surface area contributed by atoms with Crippen LogP contribution in [0.4, 0.5) is 0 Å². The Bertz CT molecular complexity index is 251. The molecule has 1 aromatic carbocycles. The van der Waals surface area contributed by atoms with Gasteiger partial charge in [-0.2, -0.15) is 0 Å². The molecule has 0 saturated heterocycles. The van der Waals surface area contributed by atoms with Crippen molar-refractivity contribution in [2.45, 2.75) is 0 Å². The molecule has 1 aromatic rings. The zero-order valence-electron chi connectivity index (χ0n) is 6.30. The normalized spacial score (nSPS) is 9.27. The van der Waals surface area contributed by atoms with E-state index < -0.39 is 0 Å². The lowest BCUT2D eigenvalue weighted by atomic mass is 10.2. The summed E-state index contributed by atoms with van der Waals surface area (Å²) in [7, 11) is 1.63. The summed E-state index contributed by atoms with van der Waals surface area (Å²) in [6, 6.07) is 7.44. The third-order valence-electron chi connectivity index (χ3n) is 1.40. The number of methoxy groups -OCH3 is 1. The summed E-state index contributed by atoms with van der Waals surface area (Å²) < 4.78 is 4.98. The standard InChI is InChI=1S/C9H9ClO/c1-7(10)8-3-5-9(11-2)6-4-8/h3-6H,1H2,2H3. The first kappa shape index (κ1) is 8.15. The van der Waals surface area contributed by atoms with Crippen LogP contribution in [-0.2, 0) is 0 Å². The van der Waals surface area contributed by atoms with Gasteiger partial charge in [0.05, 0.1) is 7.11 Å². The molecule has 0 heterocycles. The van der Waals surface area contributed by atoms with Crippen LogP contribution in [-0.4, -0.2) is 7.11 Å². The molecule has 0 bridgehead atoms. The van der Waals surface area contributed by atoms with Crippen molar-refractivity contribution in [3.8, 4) is 5.75 Å². The Balaban J connectivity index is 2.91. The second-order valence-electron chi connectivity index (χ2n) is 2.13. The number of hydrogen-bond donors (Lipinski definition) is 0. The summed E-state index contributed by atoms with van der Waals surface area (Å²) in [5, 5.41) is 0.549. The van der Waals surface area contributed by atoms with Crippen molar-refractivity contribution in [1.29, 1.82) is 0 Å². The molecule has 0 atom stereocenters. The first-order chi connectivity index (χ1) is 5.24. The quantitative estimate of drug-likeness (QED) is 0.660. The van der Waals surface area contributed by atoms with Crippen LogP contribution in [0.25, 0.3) is 5.03 Å². The first-order valence-corrected chi connectivity index (χ1v) is 3.60. The minimum atomic E-state index is 0.549. The van der Waals surface area contributed by atoms with Crippen molar-refractivity contribution >= 4 is 16.6 Å². The van der Waals surface area contributed by atoms with E-state index in [4.69, 9.17) is 16.3 Å².